The van der Waals surface area contributed by atoms with E-state index in [1.54, 1.807) is 11.8 Å². The predicted molar refractivity (Wildman–Crippen MR) is 79.1 cm³/mol. The number of nitrogens with zero attached hydrogens (tertiary/aromatic N) is 1. The highest BCUT2D eigenvalue weighted by molar-refractivity contribution is 6.30. The first-order valence-corrected chi connectivity index (χ1v) is 7.55. The van der Waals surface area contributed by atoms with Gasteiger partial charge in [0.15, 0.2) is 6.04 Å². The third kappa shape index (κ3) is 2.22. The van der Waals surface area contributed by atoms with Gasteiger partial charge in [0.2, 0.25) is 5.91 Å². The van der Waals surface area contributed by atoms with Crippen LogP contribution in [0.4, 0.5) is 0 Å². The molecule has 0 aromatic heterocycles. The van der Waals surface area contributed by atoms with E-state index in [0.29, 0.717) is 6.54 Å². The Morgan fingerprint density at radius 3 is 2.62 bits per heavy atom. The molecular formula is C16H18ClNO3. The molecule has 2 aliphatic rings. The molecule has 0 N–H and O–H groups in total. The van der Waals surface area contributed by atoms with Crippen LogP contribution < -0.4 is 0 Å². The number of ether oxygens (including phenoxy) is 1. The normalized spacial score (nSPS) is 23.4. The van der Waals surface area contributed by atoms with Crippen molar-refractivity contribution in [1.82, 2.24) is 4.90 Å². The first-order chi connectivity index (χ1) is 10.00. The lowest BCUT2D eigenvalue weighted by Gasteiger charge is -2.40. The van der Waals surface area contributed by atoms with Gasteiger partial charge in [-0.25, -0.2) is 4.79 Å². The SMILES string of the molecule is COC(=O)C1c2ccccc2C2(CC2)CN1C(=O)C(C)Cl. The highest BCUT2D eigenvalue weighted by Gasteiger charge is 2.54. The second-order valence-electron chi connectivity index (χ2n) is 5.88. The minimum atomic E-state index is -0.689. The zero-order valence-corrected chi connectivity index (χ0v) is 12.9. The molecular weight excluding hydrogens is 290 g/mol. The summed E-state index contributed by atoms with van der Waals surface area (Å²) in [5, 5.41) is -0.654. The summed E-state index contributed by atoms with van der Waals surface area (Å²) in [6.45, 7) is 2.18. The Bertz CT molecular complexity index is 595. The van der Waals surface area contributed by atoms with Crippen LogP contribution in [-0.4, -0.2) is 35.8 Å². The van der Waals surface area contributed by atoms with Gasteiger partial charge in [-0.3, -0.25) is 4.79 Å². The number of rotatable bonds is 2. The van der Waals surface area contributed by atoms with Crippen LogP contribution in [0.2, 0.25) is 0 Å². The van der Waals surface area contributed by atoms with Crippen LogP contribution in [0.1, 0.15) is 36.9 Å². The van der Waals surface area contributed by atoms with E-state index < -0.39 is 17.4 Å². The molecule has 1 spiro atoms. The van der Waals surface area contributed by atoms with E-state index in [-0.39, 0.29) is 11.3 Å². The standard InChI is InChI=1S/C16H18ClNO3/c1-10(17)14(19)18-9-16(7-8-16)12-6-4-3-5-11(12)13(18)15(20)21-2/h3-6,10,13H,7-9H2,1-2H3. The maximum absolute atomic E-state index is 12.4. The fourth-order valence-corrected chi connectivity index (χ4v) is 3.39. The van der Waals surface area contributed by atoms with E-state index in [0.717, 1.165) is 18.4 Å². The summed E-state index contributed by atoms with van der Waals surface area (Å²) in [5.74, 6) is -0.628. The summed E-state index contributed by atoms with van der Waals surface area (Å²) in [5.41, 5.74) is 2.05. The molecule has 3 rings (SSSR count). The van der Waals surface area contributed by atoms with Crippen molar-refractivity contribution in [2.75, 3.05) is 13.7 Å². The molecule has 0 radical (unpaired) electrons. The second-order valence-corrected chi connectivity index (χ2v) is 6.53. The molecule has 1 heterocycles. The summed E-state index contributed by atoms with van der Waals surface area (Å²) in [6, 6.07) is 7.16. The highest BCUT2D eigenvalue weighted by Crippen LogP contribution is 2.55. The molecule has 1 aliphatic heterocycles. The van der Waals surface area contributed by atoms with E-state index in [2.05, 4.69) is 6.07 Å². The summed E-state index contributed by atoms with van der Waals surface area (Å²) >= 11 is 5.97. The Labute approximate surface area is 129 Å². The molecule has 2 unspecified atom stereocenters. The molecule has 1 aliphatic carbocycles. The maximum Gasteiger partial charge on any atom is 0.333 e. The highest BCUT2D eigenvalue weighted by atomic mass is 35.5. The number of hydrogen-bond donors (Lipinski definition) is 0. The smallest absolute Gasteiger partial charge is 0.333 e. The van der Waals surface area contributed by atoms with Crippen molar-refractivity contribution in [3.05, 3.63) is 35.4 Å². The largest absolute Gasteiger partial charge is 0.467 e. The topological polar surface area (TPSA) is 46.6 Å². The molecule has 2 atom stereocenters. The number of benzene rings is 1. The number of halogens is 1. The van der Waals surface area contributed by atoms with Gasteiger partial charge in [-0.05, 0) is 30.9 Å². The quantitative estimate of drug-likeness (QED) is 0.622. The number of amides is 1. The number of carbonyl (C=O) groups excluding carboxylic acids is 2. The first-order valence-electron chi connectivity index (χ1n) is 7.12. The zero-order chi connectivity index (χ0) is 15.2. The van der Waals surface area contributed by atoms with Crippen molar-refractivity contribution in [3.8, 4) is 0 Å². The van der Waals surface area contributed by atoms with Gasteiger partial charge in [-0.1, -0.05) is 24.3 Å². The predicted octanol–water partition coefficient (Wildman–Crippen LogP) is 2.40. The molecule has 1 aromatic rings. The van der Waals surface area contributed by atoms with Crippen LogP contribution in [0.15, 0.2) is 24.3 Å². The summed E-state index contributed by atoms with van der Waals surface area (Å²) in [6.07, 6.45) is 2.08. The number of carbonyl (C=O) groups is 2. The van der Waals surface area contributed by atoms with Crippen molar-refractivity contribution in [2.24, 2.45) is 0 Å². The number of esters is 1. The Morgan fingerprint density at radius 2 is 2.05 bits per heavy atom. The minimum Gasteiger partial charge on any atom is -0.467 e. The Balaban J connectivity index is 2.10. The van der Waals surface area contributed by atoms with Crippen LogP contribution in [0, 0.1) is 0 Å². The van der Waals surface area contributed by atoms with E-state index in [4.69, 9.17) is 16.3 Å². The van der Waals surface area contributed by atoms with Gasteiger partial charge in [0, 0.05) is 12.0 Å². The summed E-state index contributed by atoms with van der Waals surface area (Å²) in [7, 11) is 1.35. The third-order valence-corrected chi connectivity index (χ3v) is 4.70. The van der Waals surface area contributed by atoms with Gasteiger partial charge >= 0.3 is 5.97 Å². The summed E-state index contributed by atoms with van der Waals surface area (Å²) < 4.78 is 4.92. The Morgan fingerprint density at radius 1 is 1.38 bits per heavy atom. The molecule has 4 nitrogen and oxygen atoms in total. The molecule has 0 bridgehead atoms. The number of fused-ring (bicyclic) bond motifs is 2. The van der Waals surface area contributed by atoms with Gasteiger partial charge in [0.1, 0.15) is 5.38 Å². The molecule has 112 valence electrons. The maximum atomic E-state index is 12.4. The summed E-state index contributed by atoms with van der Waals surface area (Å²) in [4.78, 5) is 26.3. The minimum absolute atomic E-state index is 0.00253. The van der Waals surface area contributed by atoms with Crippen LogP contribution in [-0.2, 0) is 19.7 Å². The van der Waals surface area contributed by atoms with Gasteiger partial charge in [-0.2, -0.15) is 0 Å². The molecule has 1 aromatic carbocycles. The molecule has 1 saturated carbocycles. The van der Waals surface area contributed by atoms with E-state index >= 15 is 0 Å². The fraction of sp³-hybridized carbons (Fsp3) is 0.500. The lowest BCUT2D eigenvalue weighted by Crippen LogP contribution is -2.50. The lowest BCUT2D eigenvalue weighted by molar-refractivity contribution is -0.154. The number of hydrogen-bond acceptors (Lipinski definition) is 3. The van der Waals surface area contributed by atoms with Gasteiger partial charge in [0.25, 0.3) is 0 Å². The average Bonchev–Trinajstić information content (AvgIpc) is 3.26. The van der Waals surface area contributed by atoms with Crippen molar-refractivity contribution in [2.45, 2.75) is 36.6 Å². The molecule has 21 heavy (non-hydrogen) atoms. The van der Waals surface area contributed by atoms with Crippen LogP contribution >= 0.6 is 11.6 Å². The molecule has 0 saturated heterocycles. The lowest BCUT2D eigenvalue weighted by atomic mass is 9.82. The zero-order valence-electron chi connectivity index (χ0n) is 12.1. The van der Waals surface area contributed by atoms with Crippen molar-refractivity contribution in [3.63, 3.8) is 0 Å². The van der Waals surface area contributed by atoms with Crippen molar-refractivity contribution in [1.29, 1.82) is 0 Å². The molecule has 1 amide bonds. The number of alkyl halides is 1. The fourth-order valence-electron chi connectivity index (χ4n) is 3.27. The van der Waals surface area contributed by atoms with Crippen molar-refractivity contribution >= 4 is 23.5 Å². The monoisotopic (exact) mass is 307 g/mol. The average molecular weight is 308 g/mol. The van der Waals surface area contributed by atoms with Crippen LogP contribution in [0.25, 0.3) is 0 Å². The van der Waals surface area contributed by atoms with Crippen LogP contribution in [0.3, 0.4) is 0 Å². The van der Waals surface area contributed by atoms with Crippen molar-refractivity contribution < 1.29 is 14.3 Å². The van der Waals surface area contributed by atoms with Gasteiger partial charge in [0.05, 0.1) is 7.11 Å². The van der Waals surface area contributed by atoms with E-state index in [1.165, 1.54) is 12.7 Å². The Kier molecular flexibility index (Phi) is 3.44. The second kappa shape index (κ2) is 5.02. The van der Waals surface area contributed by atoms with E-state index in [1.807, 2.05) is 18.2 Å². The van der Waals surface area contributed by atoms with Gasteiger partial charge < -0.3 is 9.64 Å². The molecule has 1 fully saturated rings. The Hall–Kier alpha value is -1.55. The molecule has 5 heteroatoms. The number of methoxy groups -OCH3 is 1. The van der Waals surface area contributed by atoms with Gasteiger partial charge in [-0.15, -0.1) is 11.6 Å². The first kappa shape index (κ1) is 14.4. The third-order valence-electron chi connectivity index (χ3n) is 4.51. The van der Waals surface area contributed by atoms with E-state index in [9.17, 15) is 9.59 Å². The van der Waals surface area contributed by atoms with Crippen LogP contribution in [0.5, 0.6) is 0 Å².